The van der Waals surface area contributed by atoms with Gasteiger partial charge >= 0.3 is 0 Å². The van der Waals surface area contributed by atoms with Crippen molar-refractivity contribution in [1.29, 1.82) is 0 Å². The SMILES string of the molecule is CC(=O)N1CCC[C@@H](CCc2ccnc(Nc3ccccn3)c2)C1. The highest BCUT2D eigenvalue weighted by molar-refractivity contribution is 5.73. The fraction of sp³-hybridized carbons (Fsp3) is 0.421. The summed E-state index contributed by atoms with van der Waals surface area (Å²) in [7, 11) is 0. The Kier molecular flexibility index (Phi) is 5.41. The highest BCUT2D eigenvalue weighted by Gasteiger charge is 2.21. The number of carbonyl (C=O) groups is 1. The number of pyridine rings is 2. The van der Waals surface area contributed by atoms with Crippen molar-refractivity contribution in [1.82, 2.24) is 14.9 Å². The van der Waals surface area contributed by atoms with Crippen molar-refractivity contribution in [3.8, 4) is 0 Å². The lowest BCUT2D eigenvalue weighted by Crippen LogP contribution is -2.38. The molecule has 2 aromatic heterocycles. The minimum Gasteiger partial charge on any atom is -0.343 e. The highest BCUT2D eigenvalue weighted by atomic mass is 16.2. The molecule has 1 atom stereocenters. The van der Waals surface area contributed by atoms with E-state index in [9.17, 15) is 4.79 Å². The molecule has 1 fully saturated rings. The average Bonchev–Trinajstić information content (AvgIpc) is 2.61. The molecule has 126 valence electrons. The molecule has 24 heavy (non-hydrogen) atoms. The maximum atomic E-state index is 11.5. The van der Waals surface area contributed by atoms with Gasteiger partial charge in [0.2, 0.25) is 5.91 Å². The number of nitrogens with zero attached hydrogens (tertiary/aromatic N) is 3. The van der Waals surface area contributed by atoms with Crippen LogP contribution in [0.25, 0.3) is 0 Å². The smallest absolute Gasteiger partial charge is 0.219 e. The predicted octanol–water partition coefficient (Wildman–Crippen LogP) is 3.41. The number of amides is 1. The van der Waals surface area contributed by atoms with E-state index in [1.807, 2.05) is 29.3 Å². The van der Waals surface area contributed by atoms with Gasteiger partial charge in [0.15, 0.2) is 0 Å². The number of hydrogen-bond acceptors (Lipinski definition) is 4. The van der Waals surface area contributed by atoms with Crippen molar-refractivity contribution in [2.24, 2.45) is 5.92 Å². The molecule has 2 aromatic rings. The zero-order valence-electron chi connectivity index (χ0n) is 14.1. The van der Waals surface area contributed by atoms with Crippen LogP contribution in [-0.4, -0.2) is 33.9 Å². The molecule has 0 aromatic carbocycles. The third-order valence-corrected chi connectivity index (χ3v) is 4.55. The fourth-order valence-corrected chi connectivity index (χ4v) is 3.22. The number of likely N-dealkylation sites (tertiary alicyclic amines) is 1. The fourth-order valence-electron chi connectivity index (χ4n) is 3.22. The minimum atomic E-state index is 0.199. The zero-order valence-corrected chi connectivity index (χ0v) is 14.1. The molecule has 1 saturated heterocycles. The first-order chi connectivity index (χ1) is 11.7. The van der Waals surface area contributed by atoms with Gasteiger partial charge in [-0.1, -0.05) is 6.07 Å². The zero-order chi connectivity index (χ0) is 16.8. The first-order valence-electron chi connectivity index (χ1n) is 8.59. The summed E-state index contributed by atoms with van der Waals surface area (Å²) in [6, 6.07) is 9.91. The van der Waals surface area contributed by atoms with Crippen LogP contribution in [0.3, 0.4) is 0 Å². The first-order valence-corrected chi connectivity index (χ1v) is 8.59. The number of carbonyl (C=O) groups excluding carboxylic acids is 1. The first kappa shape index (κ1) is 16.4. The molecule has 0 spiro atoms. The van der Waals surface area contributed by atoms with Gasteiger partial charge in [-0.05, 0) is 61.4 Å². The summed E-state index contributed by atoms with van der Waals surface area (Å²) in [6.45, 7) is 3.49. The standard InChI is InChI=1S/C19H24N4O/c1-15(24)23-12-4-5-17(14-23)8-7-16-9-11-21-19(13-16)22-18-6-2-3-10-20-18/h2-3,6,9-11,13,17H,4-5,7-8,12,14H2,1H3,(H,20,21,22)/t17-/m0/s1. The summed E-state index contributed by atoms with van der Waals surface area (Å²) in [5.41, 5.74) is 1.27. The molecule has 1 aliphatic heterocycles. The molecule has 0 aliphatic carbocycles. The molecule has 0 radical (unpaired) electrons. The number of anilines is 2. The van der Waals surface area contributed by atoms with Gasteiger partial charge in [-0.25, -0.2) is 9.97 Å². The van der Waals surface area contributed by atoms with Gasteiger partial charge in [0, 0.05) is 32.4 Å². The van der Waals surface area contributed by atoms with Gasteiger partial charge in [0.1, 0.15) is 11.6 Å². The monoisotopic (exact) mass is 324 g/mol. The largest absolute Gasteiger partial charge is 0.343 e. The van der Waals surface area contributed by atoms with Crippen LogP contribution in [0, 0.1) is 5.92 Å². The van der Waals surface area contributed by atoms with Gasteiger partial charge in [-0.15, -0.1) is 0 Å². The van der Waals surface area contributed by atoms with Crippen LogP contribution in [0.2, 0.25) is 0 Å². The van der Waals surface area contributed by atoms with Crippen LogP contribution in [0.4, 0.5) is 11.6 Å². The predicted molar refractivity (Wildman–Crippen MR) is 95.1 cm³/mol. The molecule has 5 nitrogen and oxygen atoms in total. The van der Waals surface area contributed by atoms with Gasteiger partial charge in [-0.2, -0.15) is 0 Å². The maximum absolute atomic E-state index is 11.5. The molecule has 5 heteroatoms. The van der Waals surface area contributed by atoms with E-state index in [1.165, 1.54) is 12.0 Å². The molecule has 3 heterocycles. The van der Waals surface area contributed by atoms with Crippen molar-refractivity contribution >= 4 is 17.5 Å². The Morgan fingerprint density at radius 3 is 2.92 bits per heavy atom. The number of aryl methyl sites for hydroxylation is 1. The Bertz CT molecular complexity index is 674. The van der Waals surface area contributed by atoms with E-state index in [2.05, 4.69) is 27.4 Å². The average molecular weight is 324 g/mol. The Morgan fingerprint density at radius 1 is 1.25 bits per heavy atom. The number of rotatable bonds is 5. The summed E-state index contributed by atoms with van der Waals surface area (Å²) in [5, 5.41) is 3.23. The molecule has 1 N–H and O–H groups in total. The Labute approximate surface area is 143 Å². The van der Waals surface area contributed by atoms with E-state index in [0.29, 0.717) is 5.92 Å². The quantitative estimate of drug-likeness (QED) is 0.915. The topological polar surface area (TPSA) is 58.1 Å². The molecular formula is C19H24N4O. The van der Waals surface area contributed by atoms with E-state index in [0.717, 1.165) is 44.0 Å². The Hall–Kier alpha value is -2.43. The number of hydrogen-bond donors (Lipinski definition) is 1. The van der Waals surface area contributed by atoms with Crippen molar-refractivity contribution in [3.05, 3.63) is 48.3 Å². The van der Waals surface area contributed by atoms with Crippen LogP contribution in [0.1, 0.15) is 31.7 Å². The molecule has 3 rings (SSSR count). The van der Waals surface area contributed by atoms with Crippen LogP contribution >= 0.6 is 0 Å². The van der Waals surface area contributed by atoms with Crippen LogP contribution in [0.15, 0.2) is 42.7 Å². The second-order valence-corrected chi connectivity index (χ2v) is 6.40. The molecular weight excluding hydrogens is 300 g/mol. The van der Waals surface area contributed by atoms with Crippen molar-refractivity contribution < 1.29 is 4.79 Å². The Morgan fingerprint density at radius 2 is 2.12 bits per heavy atom. The van der Waals surface area contributed by atoms with Gasteiger partial charge in [0.25, 0.3) is 0 Å². The summed E-state index contributed by atoms with van der Waals surface area (Å²) >= 11 is 0. The minimum absolute atomic E-state index is 0.199. The van der Waals surface area contributed by atoms with Crippen LogP contribution < -0.4 is 5.32 Å². The normalized spacial score (nSPS) is 17.5. The number of nitrogens with one attached hydrogen (secondary N) is 1. The van der Waals surface area contributed by atoms with Gasteiger partial charge in [-0.3, -0.25) is 4.79 Å². The van der Waals surface area contributed by atoms with E-state index in [-0.39, 0.29) is 5.91 Å². The second kappa shape index (κ2) is 7.90. The summed E-state index contributed by atoms with van der Waals surface area (Å²) < 4.78 is 0. The maximum Gasteiger partial charge on any atom is 0.219 e. The highest BCUT2D eigenvalue weighted by Crippen LogP contribution is 2.22. The summed E-state index contributed by atoms with van der Waals surface area (Å²) in [6.07, 6.45) is 8.05. The van der Waals surface area contributed by atoms with Crippen LogP contribution in [-0.2, 0) is 11.2 Å². The second-order valence-electron chi connectivity index (χ2n) is 6.40. The van der Waals surface area contributed by atoms with Crippen molar-refractivity contribution in [2.45, 2.75) is 32.6 Å². The summed E-state index contributed by atoms with van der Waals surface area (Å²) in [4.78, 5) is 22.1. The van der Waals surface area contributed by atoms with Crippen molar-refractivity contribution in [3.63, 3.8) is 0 Å². The lowest BCUT2D eigenvalue weighted by Gasteiger charge is -2.32. The Balaban J connectivity index is 1.56. The number of piperidine rings is 1. The molecule has 1 aliphatic rings. The van der Waals surface area contributed by atoms with Gasteiger partial charge < -0.3 is 10.2 Å². The molecule has 1 amide bonds. The lowest BCUT2D eigenvalue weighted by atomic mass is 9.92. The molecule has 0 saturated carbocycles. The third-order valence-electron chi connectivity index (χ3n) is 4.55. The van der Waals surface area contributed by atoms with E-state index in [1.54, 1.807) is 13.1 Å². The number of aromatic nitrogens is 2. The van der Waals surface area contributed by atoms with E-state index < -0.39 is 0 Å². The molecule has 0 bridgehead atoms. The van der Waals surface area contributed by atoms with E-state index >= 15 is 0 Å². The lowest BCUT2D eigenvalue weighted by molar-refractivity contribution is -0.130. The summed E-state index contributed by atoms with van der Waals surface area (Å²) in [5.74, 6) is 2.42. The van der Waals surface area contributed by atoms with Crippen LogP contribution in [0.5, 0.6) is 0 Å². The third kappa shape index (κ3) is 4.54. The van der Waals surface area contributed by atoms with E-state index in [4.69, 9.17) is 0 Å². The van der Waals surface area contributed by atoms with Crippen molar-refractivity contribution in [2.75, 3.05) is 18.4 Å². The van der Waals surface area contributed by atoms with Gasteiger partial charge in [0.05, 0.1) is 0 Å². The molecule has 0 unspecified atom stereocenters.